The Labute approximate surface area is 190 Å². The third-order valence-corrected chi connectivity index (χ3v) is 7.00. The van der Waals surface area contributed by atoms with E-state index in [9.17, 15) is 13.2 Å². The number of hydrogen-bond acceptors (Lipinski definition) is 4. The first-order valence-corrected chi connectivity index (χ1v) is 11.9. The summed E-state index contributed by atoms with van der Waals surface area (Å²) in [7, 11) is -4.07. The van der Waals surface area contributed by atoms with Gasteiger partial charge in [0.2, 0.25) is 0 Å². The lowest BCUT2D eigenvalue weighted by Crippen LogP contribution is -2.45. The smallest absolute Gasteiger partial charge is 0.246 e. The van der Waals surface area contributed by atoms with Gasteiger partial charge in [-0.1, -0.05) is 54.1 Å². The van der Waals surface area contributed by atoms with Crippen LogP contribution in [0.2, 0.25) is 0 Å². The minimum absolute atomic E-state index is 0.0192. The Morgan fingerprint density at radius 1 is 1.06 bits per heavy atom. The Bertz CT molecular complexity index is 1270. The molecule has 3 aromatic carbocycles. The van der Waals surface area contributed by atoms with Crippen molar-refractivity contribution in [2.75, 3.05) is 0 Å². The average Bonchev–Trinajstić information content (AvgIpc) is 3.19. The second-order valence-corrected chi connectivity index (χ2v) is 10.1. The Morgan fingerprint density at radius 2 is 1.74 bits per heavy atom. The van der Waals surface area contributed by atoms with Gasteiger partial charge in [0.25, 0.3) is 10.0 Å². The summed E-state index contributed by atoms with van der Waals surface area (Å²) in [6, 6.07) is 18.3. The molecule has 2 amide bonds. The van der Waals surface area contributed by atoms with Crippen molar-refractivity contribution in [3.05, 3.63) is 77.9 Å². The maximum Gasteiger partial charge on any atom is 0.352 e. The van der Waals surface area contributed by atoms with Crippen LogP contribution < -0.4 is 4.72 Å². The lowest BCUT2D eigenvalue weighted by atomic mass is 10.0. The fourth-order valence-electron chi connectivity index (χ4n) is 3.40. The molecule has 1 aliphatic heterocycles. The standard InChI is InChI=1S/C22H19Cl2N3O3S/c1-14-6-10-18(11-7-14)31(29,30)26-22(28)27-20(21(23)24)13-19(25-27)17-9-8-15-4-2-3-5-16(15)12-17/h2-12,20-21H,13H2,1H3,(H,26,28). The van der Waals surface area contributed by atoms with Crippen molar-refractivity contribution in [1.29, 1.82) is 0 Å². The van der Waals surface area contributed by atoms with E-state index in [1.165, 1.54) is 12.1 Å². The number of carbonyl (C=O) groups is 1. The van der Waals surface area contributed by atoms with E-state index in [0.717, 1.165) is 26.9 Å². The Kier molecular flexibility index (Phi) is 5.92. The molecular weight excluding hydrogens is 457 g/mol. The molecule has 0 fully saturated rings. The van der Waals surface area contributed by atoms with E-state index in [-0.39, 0.29) is 4.90 Å². The van der Waals surface area contributed by atoms with Gasteiger partial charge in [-0.2, -0.15) is 5.10 Å². The molecule has 0 saturated heterocycles. The van der Waals surface area contributed by atoms with E-state index in [1.54, 1.807) is 12.1 Å². The zero-order valence-electron chi connectivity index (χ0n) is 16.5. The second-order valence-electron chi connectivity index (χ2n) is 7.28. The molecule has 1 heterocycles. The van der Waals surface area contributed by atoms with Crippen LogP contribution in [0.15, 0.2) is 76.7 Å². The van der Waals surface area contributed by atoms with Gasteiger partial charge in [-0.3, -0.25) is 0 Å². The Balaban J connectivity index is 1.62. The Hall–Kier alpha value is -2.61. The maximum atomic E-state index is 12.8. The summed E-state index contributed by atoms with van der Waals surface area (Å²) in [5.41, 5.74) is 2.32. The third-order valence-electron chi connectivity index (χ3n) is 5.08. The zero-order valence-corrected chi connectivity index (χ0v) is 18.8. The molecule has 1 N–H and O–H groups in total. The molecule has 0 bridgehead atoms. The van der Waals surface area contributed by atoms with Crippen LogP contribution >= 0.6 is 23.2 Å². The van der Waals surface area contributed by atoms with Gasteiger partial charge < -0.3 is 0 Å². The minimum atomic E-state index is -4.07. The first kappa shape index (κ1) is 21.6. The van der Waals surface area contributed by atoms with Gasteiger partial charge in [0.05, 0.1) is 16.6 Å². The van der Waals surface area contributed by atoms with E-state index < -0.39 is 26.9 Å². The number of alkyl halides is 2. The zero-order chi connectivity index (χ0) is 22.2. The van der Waals surface area contributed by atoms with Gasteiger partial charge in [0, 0.05) is 6.42 Å². The van der Waals surface area contributed by atoms with E-state index in [2.05, 4.69) is 9.82 Å². The highest BCUT2D eigenvalue weighted by atomic mass is 35.5. The van der Waals surface area contributed by atoms with E-state index >= 15 is 0 Å². The first-order chi connectivity index (χ1) is 14.7. The van der Waals surface area contributed by atoms with Crippen LogP contribution in [0.25, 0.3) is 10.8 Å². The molecule has 6 nitrogen and oxygen atoms in total. The summed E-state index contributed by atoms with van der Waals surface area (Å²) in [5, 5.41) is 7.48. The molecule has 3 aromatic rings. The number of benzene rings is 3. The lowest BCUT2D eigenvalue weighted by molar-refractivity contribution is 0.194. The fourth-order valence-corrected chi connectivity index (χ4v) is 4.73. The molecule has 0 aromatic heterocycles. The van der Waals surface area contributed by atoms with Gasteiger partial charge >= 0.3 is 6.03 Å². The summed E-state index contributed by atoms with van der Waals surface area (Å²) in [6.45, 7) is 1.84. The number of nitrogens with one attached hydrogen (secondary N) is 1. The molecule has 4 rings (SSSR count). The number of aryl methyl sites for hydroxylation is 1. The fraction of sp³-hybridized carbons (Fsp3) is 0.182. The monoisotopic (exact) mass is 475 g/mol. The van der Waals surface area contributed by atoms with Gasteiger partial charge in [0.1, 0.15) is 4.84 Å². The van der Waals surface area contributed by atoms with Crippen LogP contribution in [0.3, 0.4) is 0 Å². The molecule has 0 radical (unpaired) electrons. The highest BCUT2D eigenvalue weighted by Crippen LogP contribution is 2.28. The van der Waals surface area contributed by atoms with Crippen LogP contribution in [0.1, 0.15) is 17.5 Å². The van der Waals surface area contributed by atoms with Crippen LogP contribution in [0, 0.1) is 6.92 Å². The van der Waals surface area contributed by atoms with E-state index in [0.29, 0.717) is 12.1 Å². The van der Waals surface area contributed by atoms with Gasteiger partial charge in [0.15, 0.2) is 0 Å². The van der Waals surface area contributed by atoms with Crippen LogP contribution in [-0.4, -0.2) is 36.0 Å². The van der Waals surface area contributed by atoms with E-state index in [4.69, 9.17) is 23.2 Å². The van der Waals surface area contributed by atoms with Crippen molar-refractivity contribution in [1.82, 2.24) is 9.73 Å². The van der Waals surface area contributed by atoms with Gasteiger partial charge in [-0.05, 0) is 41.5 Å². The SMILES string of the molecule is Cc1ccc(S(=O)(=O)NC(=O)N2N=C(c3ccc4ccccc4c3)CC2C(Cl)Cl)cc1. The van der Waals surface area contributed by atoms with Crippen LogP contribution in [0.5, 0.6) is 0 Å². The molecule has 9 heteroatoms. The second kappa shape index (κ2) is 8.49. The van der Waals surface area contributed by atoms with Crippen molar-refractivity contribution < 1.29 is 13.2 Å². The molecule has 0 spiro atoms. The number of carbonyl (C=O) groups excluding carboxylic acids is 1. The normalized spacial score (nSPS) is 16.6. The number of rotatable bonds is 4. The largest absolute Gasteiger partial charge is 0.352 e. The number of sulfonamides is 1. The summed E-state index contributed by atoms with van der Waals surface area (Å²) in [6.07, 6.45) is 0.300. The van der Waals surface area contributed by atoms with Crippen molar-refractivity contribution in [2.45, 2.75) is 29.1 Å². The molecule has 1 atom stereocenters. The minimum Gasteiger partial charge on any atom is -0.246 e. The molecule has 1 aliphatic rings. The number of hydrogen-bond donors (Lipinski definition) is 1. The Morgan fingerprint density at radius 3 is 2.42 bits per heavy atom. The summed E-state index contributed by atoms with van der Waals surface area (Å²) >= 11 is 12.2. The molecular formula is C22H19Cl2N3O3S. The van der Waals surface area contributed by atoms with Crippen LogP contribution in [-0.2, 0) is 10.0 Å². The molecule has 160 valence electrons. The third kappa shape index (κ3) is 4.54. The van der Waals surface area contributed by atoms with Crippen molar-refractivity contribution in [3.63, 3.8) is 0 Å². The van der Waals surface area contributed by atoms with Crippen molar-refractivity contribution in [3.8, 4) is 0 Å². The van der Waals surface area contributed by atoms with Gasteiger partial charge in [-0.25, -0.2) is 22.9 Å². The summed E-state index contributed by atoms with van der Waals surface area (Å²) in [5.74, 6) is 0. The first-order valence-electron chi connectivity index (χ1n) is 9.52. The van der Waals surface area contributed by atoms with Crippen molar-refractivity contribution in [2.24, 2.45) is 5.10 Å². The van der Waals surface area contributed by atoms with Crippen molar-refractivity contribution >= 4 is 55.7 Å². The van der Waals surface area contributed by atoms with E-state index in [1.807, 2.05) is 49.4 Å². The van der Waals surface area contributed by atoms with Crippen LogP contribution in [0.4, 0.5) is 4.79 Å². The predicted molar refractivity (Wildman–Crippen MR) is 123 cm³/mol. The summed E-state index contributed by atoms with van der Waals surface area (Å²) in [4.78, 5) is 11.8. The molecule has 0 aliphatic carbocycles. The van der Waals surface area contributed by atoms with Gasteiger partial charge in [-0.15, -0.1) is 23.2 Å². The number of nitrogens with zero attached hydrogens (tertiary/aromatic N) is 2. The lowest BCUT2D eigenvalue weighted by Gasteiger charge is -2.22. The number of amides is 2. The quantitative estimate of drug-likeness (QED) is 0.548. The predicted octanol–water partition coefficient (Wildman–Crippen LogP) is 4.83. The highest BCUT2D eigenvalue weighted by molar-refractivity contribution is 7.90. The highest BCUT2D eigenvalue weighted by Gasteiger charge is 2.37. The number of hydrazone groups is 1. The molecule has 1 unspecified atom stereocenters. The molecule has 0 saturated carbocycles. The maximum absolute atomic E-state index is 12.8. The number of urea groups is 1. The number of halogens is 2. The average molecular weight is 476 g/mol. The topological polar surface area (TPSA) is 78.8 Å². The summed E-state index contributed by atoms with van der Waals surface area (Å²) < 4.78 is 27.3. The number of fused-ring (bicyclic) bond motifs is 1. The molecule has 31 heavy (non-hydrogen) atoms.